The first-order chi connectivity index (χ1) is 6.68. The summed E-state index contributed by atoms with van der Waals surface area (Å²) in [6.07, 6.45) is 0.993. The second-order valence-corrected chi connectivity index (χ2v) is 4.65. The van der Waals surface area contributed by atoms with Gasteiger partial charge in [0, 0.05) is 19.1 Å². The van der Waals surface area contributed by atoms with E-state index in [0.29, 0.717) is 3.57 Å². The molecule has 0 bridgehead atoms. The van der Waals surface area contributed by atoms with Crippen LogP contribution in [0.2, 0.25) is 0 Å². The van der Waals surface area contributed by atoms with E-state index in [-0.39, 0.29) is 11.9 Å². The Balaban J connectivity index is 2.28. The van der Waals surface area contributed by atoms with Crippen LogP contribution in [0.15, 0.2) is 18.2 Å². The fraction of sp³-hybridized carbons (Fsp3) is 0.400. The molecule has 1 heterocycles. The lowest BCUT2D eigenvalue weighted by Gasteiger charge is -2.19. The van der Waals surface area contributed by atoms with Crippen molar-refractivity contribution in [1.82, 2.24) is 0 Å². The molecule has 0 amide bonds. The molecular weight excluding hydrogens is 294 g/mol. The maximum absolute atomic E-state index is 13.3. The number of nitrogens with two attached hydrogens (primary N) is 1. The van der Waals surface area contributed by atoms with E-state index in [2.05, 4.69) is 4.90 Å². The highest BCUT2D eigenvalue weighted by atomic mass is 127. The molecule has 1 unspecified atom stereocenters. The molecule has 0 saturated carbocycles. The molecule has 14 heavy (non-hydrogen) atoms. The van der Waals surface area contributed by atoms with Gasteiger partial charge in [0.25, 0.3) is 0 Å². The first-order valence-electron chi connectivity index (χ1n) is 4.63. The van der Waals surface area contributed by atoms with E-state index in [0.717, 1.165) is 25.2 Å². The van der Waals surface area contributed by atoms with Crippen LogP contribution >= 0.6 is 22.6 Å². The van der Waals surface area contributed by atoms with Crippen LogP contribution < -0.4 is 10.6 Å². The molecule has 0 aromatic heterocycles. The van der Waals surface area contributed by atoms with Crippen LogP contribution in [0, 0.1) is 9.39 Å². The molecular formula is C10H12FIN2. The minimum atomic E-state index is -0.149. The Morgan fingerprint density at radius 1 is 1.50 bits per heavy atom. The predicted octanol–water partition coefficient (Wildman–Crippen LogP) is 1.97. The van der Waals surface area contributed by atoms with Gasteiger partial charge in [-0.1, -0.05) is 6.07 Å². The highest BCUT2D eigenvalue weighted by Crippen LogP contribution is 2.27. The van der Waals surface area contributed by atoms with E-state index in [1.165, 1.54) is 6.07 Å². The quantitative estimate of drug-likeness (QED) is 0.804. The smallest absolute Gasteiger partial charge is 0.138 e. The Morgan fingerprint density at radius 2 is 2.29 bits per heavy atom. The standard InChI is InChI=1S/C10H12FIN2/c11-8-2-1-3-9(10(8)12)14-5-4-7(13)6-14/h1-3,7H,4-6,13H2. The Kier molecular flexibility index (Phi) is 2.92. The Hall–Kier alpha value is -0.360. The molecule has 0 spiro atoms. The van der Waals surface area contributed by atoms with Crippen LogP contribution in [0.1, 0.15) is 6.42 Å². The van der Waals surface area contributed by atoms with Crippen molar-refractivity contribution in [3.63, 3.8) is 0 Å². The van der Waals surface area contributed by atoms with Gasteiger partial charge >= 0.3 is 0 Å². The second kappa shape index (κ2) is 4.02. The SMILES string of the molecule is NC1CCN(c2cccc(F)c2I)C1. The summed E-state index contributed by atoms with van der Waals surface area (Å²) in [5.74, 6) is -0.149. The number of benzene rings is 1. The molecule has 0 radical (unpaired) electrons. The summed E-state index contributed by atoms with van der Waals surface area (Å²) >= 11 is 2.04. The van der Waals surface area contributed by atoms with E-state index >= 15 is 0 Å². The average molecular weight is 306 g/mol. The Bertz CT molecular complexity index is 343. The van der Waals surface area contributed by atoms with Crippen LogP contribution in [0.4, 0.5) is 10.1 Å². The Labute approximate surface area is 96.4 Å². The van der Waals surface area contributed by atoms with Crippen LogP contribution in [-0.4, -0.2) is 19.1 Å². The zero-order valence-corrected chi connectivity index (χ0v) is 9.87. The molecule has 4 heteroatoms. The Morgan fingerprint density at radius 3 is 2.93 bits per heavy atom. The van der Waals surface area contributed by atoms with Crippen molar-refractivity contribution in [2.45, 2.75) is 12.5 Å². The molecule has 2 nitrogen and oxygen atoms in total. The van der Waals surface area contributed by atoms with Gasteiger partial charge in [0.2, 0.25) is 0 Å². The van der Waals surface area contributed by atoms with E-state index in [9.17, 15) is 4.39 Å². The normalized spacial score (nSPS) is 21.6. The fourth-order valence-electron chi connectivity index (χ4n) is 1.74. The zero-order valence-electron chi connectivity index (χ0n) is 7.71. The van der Waals surface area contributed by atoms with Gasteiger partial charge in [0.1, 0.15) is 5.82 Å². The van der Waals surface area contributed by atoms with Crippen molar-refractivity contribution >= 4 is 28.3 Å². The van der Waals surface area contributed by atoms with Crippen LogP contribution in [0.5, 0.6) is 0 Å². The van der Waals surface area contributed by atoms with Crippen LogP contribution in [0.3, 0.4) is 0 Å². The third-order valence-electron chi connectivity index (χ3n) is 2.50. The molecule has 76 valence electrons. The lowest BCUT2D eigenvalue weighted by atomic mass is 10.3. The molecule has 2 N–H and O–H groups in total. The third kappa shape index (κ3) is 1.86. The molecule has 1 aromatic carbocycles. The molecule has 1 saturated heterocycles. The number of nitrogens with zero attached hydrogens (tertiary/aromatic N) is 1. The maximum Gasteiger partial charge on any atom is 0.138 e. The fourth-order valence-corrected chi connectivity index (χ4v) is 2.44. The molecule has 2 rings (SSSR count). The highest BCUT2D eigenvalue weighted by Gasteiger charge is 2.21. The van der Waals surface area contributed by atoms with Gasteiger partial charge in [-0.3, -0.25) is 0 Å². The third-order valence-corrected chi connectivity index (χ3v) is 3.56. The lowest BCUT2D eigenvalue weighted by molar-refractivity contribution is 0.619. The number of halogens is 2. The van der Waals surface area contributed by atoms with E-state index in [1.54, 1.807) is 6.07 Å². The molecule has 1 aromatic rings. The van der Waals surface area contributed by atoms with Gasteiger partial charge in [0.05, 0.1) is 9.26 Å². The first kappa shape index (κ1) is 10.2. The summed E-state index contributed by atoms with van der Waals surface area (Å²) in [5, 5.41) is 0. The van der Waals surface area contributed by atoms with Gasteiger partial charge in [-0.2, -0.15) is 0 Å². The van der Waals surface area contributed by atoms with Crippen molar-refractivity contribution in [1.29, 1.82) is 0 Å². The van der Waals surface area contributed by atoms with E-state index < -0.39 is 0 Å². The van der Waals surface area contributed by atoms with Crippen molar-refractivity contribution in [3.8, 4) is 0 Å². The summed E-state index contributed by atoms with van der Waals surface area (Å²) in [6, 6.07) is 5.41. The predicted molar refractivity (Wildman–Crippen MR) is 63.9 cm³/mol. The second-order valence-electron chi connectivity index (χ2n) is 3.57. The number of hydrogen-bond acceptors (Lipinski definition) is 2. The van der Waals surface area contributed by atoms with Gasteiger partial charge < -0.3 is 10.6 Å². The molecule has 1 fully saturated rings. The molecule has 0 aliphatic carbocycles. The van der Waals surface area contributed by atoms with E-state index in [4.69, 9.17) is 5.73 Å². The van der Waals surface area contributed by atoms with Crippen molar-refractivity contribution < 1.29 is 4.39 Å². The number of hydrogen-bond donors (Lipinski definition) is 1. The summed E-state index contributed by atoms with van der Waals surface area (Å²) in [7, 11) is 0. The zero-order chi connectivity index (χ0) is 10.1. The van der Waals surface area contributed by atoms with Gasteiger partial charge in [-0.05, 0) is 41.1 Å². The summed E-state index contributed by atoms with van der Waals surface area (Å²) < 4.78 is 14.0. The average Bonchev–Trinajstić information content (AvgIpc) is 2.57. The first-order valence-corrected chi connectivity index (χ1v) is 5.71. The summed E-state index contributed by atoms with van der Waals surface area (Å²) in [5.41, 5.74) is 6.78. The number of rotatable bonds is 1. The van der Waals surface area contributed by atoms with Crippen LogP contribution in [-0.2, 0) is 0 Å². The summed E-state index contributed by atoms with van der Waals surface area (Å²) in [4.78, 5) is 2.15. The van der Waals surface area contributed by atoms with Crippen molar-refractivity contribution in [3.05, 3.63) is 27.6 Å². The summed E-state index contributed by atoms with van der Waals surface area (Å²) in [6.45, 7) is 1.76. The maximum atomic E-state index is 13.3. The minimum absolute atomic E-state index is 0.149. The molecule has 1 aliphatic heterocycles. The highest BCUT2D eigenvalue weighted by molar-refractivity contribution is 14.1. The van der Waals surface area contributed by atoms with E-state index in [1.807, 2.05) is 28.7 Å². The van der Waals surface area contributed by atoms with Crippen molar-refractivity contribution in [2.75, 3.05) is 18.0 Å². The van der Waals surface area contributed by atoms with Gasteiger partial charge in [-0.25, -0.2) is 4.39 Å². The number of anilines is 1. The largest absolute Gasteiger partial charge is 0.369 e. The van der Waals surface area contributed by atoms with Crippen molar-refractivity contribution in [2.24, 2.45) is 5.73 Å². The lowest BCUT2D eigenvalue weighted by Crippen LogP contribution is -2.26. The monoisotopic (exact) mass is 306 g/mol. The van der Waals surface area contributed by atoms with Crippen LogP contribution in [0.25, 0.3) is 0 Å². The molecule has 1 atom stereocenters. The molecule has 1 aliphatic rings. The van der Waals surface area contributed by atoms with Gasteiger partial charge in [0.15, 0.2) is 0 Å². The minimum Gasteiger partial charge on any atom is -0.369 e. The topological polar surface area (TPSA) is 29.3 Å². The van der Waals surface area contributed by atoms with Gasteiger partial charge in [-0.15, -0.1) is 0 Å².